The summed E-state index contributed by atoms with van der Waals surface area (Å²) in [6.07, 6.45) is 1.34. The predicted octanol–water partition coefficient (Wildman–Crippen LogP) is 1.14. The SMILES string of the molecule is NCc1cn(-c2cc(F)c(F)cc2F)nn1. The summed E-state index contributed by atoms with van der Waals surface area (Å²) < 4.78 is 39.9. The second kappa shape index (κ2) is 3.93. The summed E-state index contributed by atoms with van der Waals surface area (Å²) in [6.45, 7) is 0.130. The van der Waals surface area contributed by atoms with Gasteiger partial charge in [-0.3, -0.25) is 0 Å². The lowest BCUT2D eigenvalue weighted by atomic mass is 10.3. The van der Waals surface area contributed by atoms with Gasteiger partial charge in [-0.2, -0.15) is 0 Å². The van der Waals surface area contributed by atoms with Crippen molar-refractivity contribution in [1.29, 1.82) is 0 Å². The van der Waals surface area contributed by atoms with Crippen LogP contribution in [0.25, 0.3) is 5.69 Å². The molecule has 2 N–H and O–H groups in total. The number of aromatic nitrogens is 3. The molecular formula is C9H7F3N4. The van der Waals surface area contributed by atoms with Crippen LogP contribution in [0.1, 0.15) is 5.69 Å². The van der Waals surface area contributed by atoms with Gasteiger partial charge in [0, 0.05) is 18.7 Å². The van der Waals surface area contributed by atoms with Crippen molar-refractivity contribution in [2.75, 3.05) is 0 Å². The van der Waals surface area contributed by atoms with Crippen LogP contribution < -0.4 is 5.73 Å². The van der Waals surface area contributed by atoms with Gasteiger partial charge in [-0.15, -0.1) is 5.10 Å². The van der Waals surface area contributed by atoms with Crippen LogP contribution in [0.2, 0.25) is 0 Å². The maximum absolute atomic E-state index is 13.3. The number of nitrogens with two attached hydrogens (primary N) is 1. The van der Waals surface area contributed by atoms with Crippen molar-refractivity contribution in [1.82, 2.24) is 15.0 Å². The molecule has 0 amide bonds. The van der Waals surface area contributed by atoms with E-state index in [1.54, 1.807) is 0 Å². The van der Waals surface area contributed by atoms with Crippen molar-refractivity contribution < 1.29 is 13.2 Å². The summed E-state index contributed by atoms with van der Waals surface area (Å²) in [5, 5.41) is 7.16. The largest absolute Gasteiger partial charge is 0.325 e. The Morgan fingerprint density at radius 3 is 2.44 bits per heavy atom. The van der Waals surface area contributed by atoms with Gasteiger partial charge in [0.2, 0.25) is 0 Å². The van der Waals surface area contributed by atoms with E-state index in [0.29, 0.717) is 17.8 Å². The van der Waals surface area contributed by atoms with Gasteiger partial charge < -0.3 is 5.73 Å². The lowest BCUT2D eigenvalue weighted by Gasteiger charge is -2.02. The molecule has 0 saturated carbocycles. The second-order valence-electron chi connectivity index (χ2n) is 3.08. The quantitative estimate of drug-likeness (QED) is 0.784. The maximum atomic E-state index is 13.3. The van der Waals surface area contributed by atoms with E-state index < -0.39 is 17.5 Å². The summed E-state index contributed by atoms with van der Waals surface area (Å²) in [7, 11) is 0. The smallest absolute Gasteiger partial charge is 0.161 e. The Bertz CT molecular complexity index is 523. The minimum atomic E-state index is -1.25. The molecule has 84 valence electrons. The molecule has 0 aliphatic carbocycles. The van der Waals surface area contributed by atoms with Gasteiger partial charge in [-0.1, -0.05) is 5.21 Å². The molecule has 0 radical (unpaired) electrons. The zero-order valence-corrected chi connectivity index (χ0v) is 7.99. The van der Waals surface area contributed by atoms with Crippen LogP contribution >= 0.6 is 0 Å². The highest BCUT2D eigenvalue weighted by molar-refractivity contribution is 5.33. The number of halogens is 3. The lowest BCUT2D eigenvalue weighted by molar-refractivity contribution is 0.491. The Balaban J connectivity index is 2.51. The number of nitrogens with zero attached hydrogens (tertiary/aromatic N) is 3. The zero-order valence-electron chi connectivity index (χ0n) is 7.99. The predicted molar refractivity (Wildman–Crippen MR) is 49.1 cm³/mol. The highest BCUT2D eigenvalue weighted by Crippen LogP contribution is 2.16. The van der Waals surface area contributed by atoms with E-state index in [-0.39, 0.29) is 12.2 Å². The molecule has 1 aromatic carbocycles. The van der Waals surface area contributed by atoms with Gasteiger partial charge in [-0.25, -0.2) is 17.9 Å². The third-order valence-corrected chi connectivity index (χ3v) is 1.99. The highest BCUT2D eigenvalue weighted by atomic mass is 19.2. The number of hydrogen-bond donors (Lipinski definition) is 1. The van der Waals surface area contributed by atoms with Crippen LogP contribution in [0.15, 0.2) is 18.3 Å². The molecule has 16 heavy (non-hydrogen) atoms. The standard InChI is InChI=1S/C9H7F3N4/c10-6-1-8(12)9(2-7(6)11)16-4-5(3-13)14-15-16/h1-2,4H,3,13H2. The average Bonchev–Trinajstić information content (AvgIpc) is 2.71. The fourth-order valence-corrected chi connectivity index (χ4v) is 1.20. The van der Waals surface area contributed by atoms with Crippen LogP contribution in [0.3, 0.4) is 0 Å². The molecule has 0 unspecified atom stereocenters. The van der Waals surface area contributed by atoms with Crippen molar-refractivity contribution in [2.45, 2.75) is 6.54 Å². The van der Waals surface area contributed by atoms with Crippen LogP contribution in [-0.2, 0) is 6.54 Å². The van der Waals surface area contributed by atoms with Crippen LogP contribution in [0, 0.1) is 17.5 Å². The van der Waals surface area contributed by atoms with E-state index in [1.165, 1.54) is 6.20 Å². The summed E-state index contributed by atoms with van der Waals surface area (Å²) in [4.78, 5) is 0. The zero-order chi connectivity index (χ0) is 11.7. The van der Waals surface area contributed by atoms with Gasteiger partial charge >= 0.3 is 0 Å². The molecule has 7 heteroatoms. The fourth-order valence-electron chi connectivity index (χ4n) is 1.20. The fraction of sp³-hybridized carbons (Fsp3) is 0.111. The first-order valence-electron chi connectivity index (χ1n) is 4.38. The Morgan fingerprint density at radius 1 is 1.12 bits per heavy atom. The van der Waals surface area contributed by atoms with Gasteiger partial charge in [0.05, 0.1) is 11.9 Å². The lowest BCUT2D eigenvalue weighted by Crippen LogP contribution is -2.01. The van der Waals surface area contributed by atoms with Crippen molar-refractivity contribution >= 4 is 0 Å². The van der Waals surface area contributed by atoms with E-state index in [0.717, 1.165) is 4.68 Å². The molecule has 0 fully saturated rings. The molecule has 2 rings (SSSR count). The maximum Gasteiger partial charge on any atom is 0.161 e. The minimum Gasteiger partial charge on any atom is -0.325 e. The normalized spacial score (nSPS) is 10.8. The summed E-state index contributed by atoms with van der Waals surface area (Å²) >= 11 is 0. The first-order valence-corrected chi connectivity index (χ1v) is 4.38. The van der Waals surface area contributed by atoms with Crippen molar-refractivity contribution in [3.8, 4) is 5.69 Å². The van der Waals surface area contributed by atoms with E-state index >= 15 is 0 Å². The summed E-state index contributed by atoms with van der Waals surface area (Å²) in [5.74, 6) is -3.33. The topological polar surface area (TPSA) is 56.7 Å². The van der Waals surface area contributed by atoms with E-state index in [1.807, 2.05) is 0 Å². The molecule has 1 heterocycles. The number of rotatable bonds is 2. The molecule has 0 spiro atoms. The molecular weight excluding hydrogens is 221 g/mol. The monoisotopic (exact) mass is 228 g/mol. The molecule has 1 aromatic heterocycles. The molecule has 0 atom stereocenters. The Hall–Kier alpha value is -1.89. The molecule has 0 aliphatic heterocycles. The molecule has 0 saturated heterocycles. The highest BCUT2D eigenvalue weighted by Gasteiger charge is 2.12. The van der Waals surface area contributed by atoms with Crippen LogP contribution in [0.5, 0.6) is 0 Å². The first-order chi connectivity index (χ1) is 7.61. The third-order valence-electron chi connectivity index (χ3n) is 1.99. The van der Waals surface area contributed by atoms with E-state index in [4.69, 9.17) is 5.73 Å². The van der Waals surface area contributed by atoms with Crippen molar-refractivity contribution in [3.05, 3.63) is 41.5 Å². The molecule has 0 bridgehead atoms. The minimum absolute atomic E-state index is 0.130. The Morgan fingerprint density at radius 2 is 1.81 bits per heavy atom. The molecule has 4 nitrogen and oxygen atoms in total. The number of hydrogen-bond acceptors (Lipinski definition) is 3. The third kappa shape index (κ3) is 1.76. The van der Waals surface area contributed by atoms with Crippen molar-refractivity contribution in [3.63, 3.8) is 0 Å². The van der Waals surface area contributed by atoms with Gasteiger partial charge in [-0.05, 0) is 0 Å². The van der Waals surface area contributed by atoms with Crippen LogP contribution in [-0.4, -0.2) is 15.0 Å². The van der Waals surface area contributed by atoms with E-state index in [9.17, 15) is 13.2 Å². The summed E-state index contributed by atoms with van der Waals surface area (Å²) in [5.41, 5.74) is 5.49. The first kappa shape index (κ1) is 10.6. The van der Waals surface area contributed by atoms with Gasteiger partial charge in [0.25, 0.3) is 0 Å². The Kier molecular flexibility index (Phi) is 2.61. The average molecular weight is 228 g/mol. The van der Waals surface area contributed by atoms with Crippen LogP contribution in [0.4, 0.5) is 13.2 Å². The van der Waals surface area contributed by atoms with Crippen molar-refractivity contribution in [2.24, 2.45) is 5.73 Å². The molecule has 2 aromatic rings. The second-order valence-corrected chi connectivity index (χ2v) is 3.08. The molecule has 0 aliphatic rings. The van der Waals surface area contributed by atoms with Gasteiger partial charge in [0.1, 0.15) is 5.69 Å². The van der Waals surface area contributed by atoms with Gasteiger partial charge in [0.15, 0.2) is 17.5 Å². The number of benzene rings is 1. The van der Waals surface area contributed by atoms with E-state index in [2.05, 4.69) is 10.3 Å². The summed E-state index contributed by atoms with van der Waals surface area (Å²) in [6, 6.07) is 1.16. The Labute approximate surface area is 88.5 Å².